The molecule has 150 valence electrons. The number of carbonyl (C=O) groups is 1. The molecule has 0 unspecified atom stereocenters. The smallest absolute Gasteiger partial charge is 0.234 e. The third kappa shape index (κ3) is 4.98. The van der Waals surface area contributed by atoms with E-state index in [1.54, 1.807) is 0 Å². The molecule has 1 aliphatic heterocycles. The van der Waals surface area contributed by atoms with E-state index in [0.717, 1.165) is 30.8 Å². The van der Waals surface area contributed by atoms with Gasteiger partial charge in [-0.3, -0.25) is 9.89 Å². The molecule has 0 saturated carbocycles. The molecular formula is C22H25N5OS. The molecule has 0 radical (unpaired) electrons. The summed E-state index contributed by atoms with van der Waals surface area (Å²) in [5.74, 6) is 0.913. The number of H-pyrrole nitrogens is 1. The van der Waals surface area contributed by atoms with E-state index in [1.165, 1.54) is 35.9 Å². The minimum atomic E-state index is -0.0671. The van der Waals surface area contributed by atoms with Crippen LogP contribution in [0.25, 0.3) is 11.4 Å². The van der Waals surface area contributed by atoms with Crippen LogP contribution in [0, 0.1) is 0 Å². The maximum Gasteiger partial charge on any atom is 0.234 e. The Kier molecular flexibility index (Phi) is 6.14. The fourth-order valence-corrected chi connectivity index (χ4v) is 3.99. The highest BCUT2D eigenvalue weighted by Crippen LogP contribution is 2.23. The third-order valence-electron chi connectivity index (χ3n) is 5.06. The Morgan fingerprint density at radius 3 is 2.52 bits per heavy atom. The summed E-state index contributed by atoms with van der Waals surface area (Å²) >= 11 is 1.32. The zero-order valence-corrected chi connectivity index (χ0v) is 17.3. The first-order valence-electron chi connectivity index (χ1n) is 10.0. The summed E-state index contributed by atoms with van der Waals surface area (Å²) in [6.07, 6.45) is 3.51. The van der Waals surface area contributed by atoms with Gasteiger partial charge in [0.05, 0.1) is 5.75 Å². The Labute approximate surface area is 175 Å². The quantitative estimate of drug-likeness (QED) is 0.569. The van der Waals surface area contributed by atoms with Crippen LogP contribution in [0.3, 0.4) is 0 Å². The summed E-state index contributed by atoms with van der Waals surface area (Å²) in [5, 5.41) is 10.7. The van der Waals surface area contributed by atoms with Gasteiger partial charge in [0.15, 0.2) is 5.82 Å². The number of aromatic amines is 1. The van der Waals surface area contributed by atoms with Crippen molar-refractivity contribution in [3.05, 3.63) is 54.1 Å². The van der Waals surface area contributed by atoms with Crippen LogP contribution >= 0.6 is 11.8 Å². The Bertz CT molecular complexity index is 946. The second kappa shape index (κ2) is 9.13. The summed E-state index contributed by atoms with van der Waals surface area (Å²) in [6, 6.07) is 16.3. The van der Waals surface area contributed by atoms with Gasteiger partial charge in [0.1, 0.15) is 0 Å². The van der Waals surface area contributed by atoms with Crippen LogP contribution in [0.2, 0.25) is 0 Å². The van der Waals surface area contributed by atoms with Crippen molar-refractivity contribution in [2.45, 2.75) is 31.3 Å². The van der Waals surface area contributed by atoms with Crippen molar-refractivity contribution in [2.75, 3.05) is 29.1 Å². The predicted molar refractivity (Wildman–Crippen MR) is 118 cm³/mol. The molecule has 4 rings (SSSR count). The molecule has 1 amide bonds. The first kappa shape index (κ1) is 19.5. The van der Waals surface area contributed by atoms with Crippen molar-refractivity contribution in [2.24, 2.45) is 0 Å². The molecule has 1 aromatic heterocycles. The molecule has 6 nitrogen and oxygen atoms in total. The van der Waals surface area contributed by atoms with Gasteiger partial charge in [-0.25, -0.2) is 4.98 Å². The van der Waals surface area contributed by atoms with Gasteiger partial charge >= 0.3 is 0 Å². The average molecular weight is 408 g/mol. The number of anilines is 2. The number of aryl methyl sites for hydroxylation is 1. The molecule has 1 fully saturated rings. The van der Waals surface area contributed by atoms with Crippen LogP contribution in [-0.2, 0) is 11.2 Å². The van der Waals surface area contributed by atoms with E-state index >= 15 is 0 Å². The first-order valence-corrected chi connectivity index (χ1v) is 11.0. The van der Waals surface area contributed by atoms with E-state index < -0.39 is 0 Å². The molecule has 2 heterocycles. The Balaban J connectivity index is 1.28. The monoisotopic (exact) mass is 407 g/mol. The molecule has 0 atom stereocenters. The molecule has 1 saturated heterocycles. The molecular weight excluding hydrogens is 382 g/mol. The molecule has 3 aromatic rings. The number of benzene rings is 2. The molecule has 7 heteroatoms. The number of thioether (sulfide) groups is 1. The van der Waals surface area contributed by atoms with Gasteiger partial charge < -0.3 is 10.2 Å². The molecule has 0 bridgehead atoms. The van der Waals surface area contributed by atoms with E-state index in [1.807, 2.05) is 24.3 Å². The summed E-state index contributed by atoms with van der Waals surface area (Å²) < 4.78 is 0. The van der Waals surface area contributed by atoms with Gasteiger partial charge in [0, 0.05) is 30.0 Å². The van der Waals surface area contributed by atoms with E-state index in [-0.39, 0.29) is 11.7 Å². The molecule has 2 N–H and O–H groups in total. The van der Waals surface area contributed by atoms with E-state index in [4.69, 9.17) is 0 Å². The van der Waals surface area contributed by atoms with Crippen molar-refractivity contribution in [3.8, 4) is 11.4 Å². The molecule has 1 aliphatic rings. The van der Waals surface area contributed by atoms with Crippen molar-refractivity contribution in [1.29, 1.82) is 0 Å². The summed E-state index contributed by atoms with van der Waals surface area (Å²) in [5.41, 5.74) is 4.30. The highest BCUT2D eigenvalue weighted by molar-refractivity contribution is 7.99. The Morgan fingerprint density at radius 1 is 1.10 bits per heavy atom. The van der Waals surface area contributed by atoms with Crippen molar-refractivity contribution in [3.63, 3.8) is 0 Å². The van der Waals surface area contributed by atoms with Crippen molar-refractivity contribution in [1.82, 2.24) is 15.2 Å². The van der Waals surface area contributed by atoms with Crippen molar-refractivity contribution >= 4 is 29.0 Å². The predicted octanol–water partition coefficient (Wildman–Crippen LogP) is 4.37. The third-order valence-corrected chi connectivity index (χ3v) is 5.90. The number of carbonyl (C=O) groups excluding carboxylic acids is 1. The van der Waals surface area contributed by atoms with Gasteiger partial charge in [-0.05, 0) is 49.1 Å². The van der Waals surface area contributed by atoms with E-state index in [2.05, 4.69) is 56.6 Å². The highest BCUT2D eigenvalue weighted by Gasteiger charge is 2.13. The van der Waals surface area contributed by atoms with Crippen LogP contribution in [0.5, 0.6) is 0 Å². The standard InChI is InChI=1S/C22H25N5OS/c1-2-16-5-7-17(8-6-16)21-24-22(26-25-21)29-15-20(28)23-18-9-11-19(12-10-18)27-13-3-4-14-27/h5-12H,2-4,13-15H2,1H3,(H,23,28)(H,24,25,26). The average Bonchev–Trinajstić information content (AvgIpc) is 3.45. The lowest BCUT2D eigenvalue weighted by molar-refractivity contribution is -0.113. The lowest BCUT2D eigenvalue weighted by atomic mass is 10.1. The zero-order valence-electron chi connectivity index (χ0n) is 16.5. The lowest BCUT2D eigenvalue weighted by Crippen LogP contribution is -2.18. The van der Waals surface area contributed by atoms with Crippen LogP contribution in [-0.4, -0.2) is 39.9 Å². The number of nitrogens with zero attached hydrogens (tertiary/aromatic N) is 3. The number of rotatable bonds is 7. The zero-order chi connectivity index (χ0) is 20.1. The van der Waals surface area contributed by atoms with Gasteiger partial charge in [-0.15, -0.1) is 5.10 Å². The number of hydrogen-bond donors (Lipinski definition) is 2. The number of hydrogen-bond acceptors (Lipinski definition) is 5. The molecule has 29 heavy (non-hydrogen) atoms. The van der Waals surface area contributed by atoms with Crippen LogP contribution < -0.4 is 10.2 Å². The van der Waals surface area contributed by atoms with Gasteiger partial charge in [-0.2, -0.15) is 0 Å². The molecule has 0 spiro atoms. The maximum absolute atomic E-state index is 12.3. The Morgan fingerprint density at radius 2 is 1.83 bits per heavy atom. The number of nitrogens with one attached hydrogen (secondary N) is 2. The normalized spacial score (nSPS) is 13.6. The molecule has 0 aliphatic carbocycles. The van der Waals surface area contributed by atoms with Crippen LogP contribution in [0.1, 0.15) is 25.3 Å². The van der Waals surface area contributed by atoms with Gasteiger partial charge in [-0.1, -0.05) is 43.0 Å². The SMILES string of the molecule is CCc1ccc(-c2nc(SCC(=O)Nc3ccc(N4CCCC4)cc3)n[nH]2)cc1. The minimum absolute atomic E-state index is 0.0671. The second-order valence-corrected chi connectivity index (χ2v) is 8.04. The number of amides is 1. The fourth-order valence-electron chi connectivity index (χ4n) is 3.40. The van der Waals surface area contributed by atoms with Crippen LogP contribution in [0.15, 0.2) is 53.7 Å². The fraction of sp³-hybridized carbons (Fsp3) is 0.318. The van der Waals surface area contributed by atoms with Gasteiger partial charge in [0.25, 0.3) is 0 Å². The lowest BCUT2D eigenvalue weighted by Gasteiger charge is -2.17. The van der Waals surface area contributed by atoms with Crippen LogP contribution in [0.4, 0.5) is 11.4 Å². The summed E-state index contributed by atoms with van der Waals surface area (Å²) in [7, 11) is 0. The van der Waals surface area contributed by atoms with E-state index in [9.17, 15) is 4.79 Å². The van der Waals surface area contributed by atoms with Crippen molar-refractivity contribution < 1.29 is 4.79 Å². The van der Waals surface area contributed by atoms with E-state index in [0.29, 0.717) is 11.0 Å². The second-order valence-electron chi connectivity index (χ2n) is 7.09. The Hall–Kier alpha value is -2.80. The summed E-state index contributed by atoms with van der Waals surface area (Å²) in [6.45, 7) is 4.36. The van der Waals surface area contributed by atoms with Gasteiger partial charge in [0.2, 0.25) is 11.1 Å². The first-order chi connectivity index (χ1) is 14.2. The molecule has 2 aromatic carbocycles. The topological polar surface area (TPSA) is 73.9 Å². The number of aromatic nitrogens is 3. The highest BCUT2D eigenvalue weighted by atomic mass is 32.2. The maximum atomic E-state index is 12.3. The largest absolute Gasteiger partial charge is 0.372 e. The minimum Gasteiger partial charge on any atom is -0.372 e. The summed E-state index contributed by atoms with van der Waals surface area (Å²) in [4.78, 5) is 19.1.